The van der Waals surface area contributed by atoms with E-state index in [0.717, 1.165) is 25.2 Å². The van der Waals surface area contributed by atoms with E-state index in [0.29, 0.717) is 11.8 Å². The van der Waals surface area contributed by atoms with Crippen LogP contribution in [0.15, 0.2) is 0 Å². The lowest BCUT2D eigenvalue weighted by atomic mass is 10.2. The van der Waals surface area contributed by atoms with Gasteiger partial charge in [0.05, 0.1) is 0 Å². The Balaban J connectivity index is 3.34. The second kappa shape index (κ2) is 6.60. The molecular weight excluding hydrogens is 167 g/mol. The van der Waals surface area contributed by atoms with Crippen molar-refractivity contribution in [3.8, 4) is 0 Å². The highest BCUT2D eigenvalue weighted by Crippen LogP contribution is 2.25. The van der Waals surface area contributed by atoms with Crippen LogP contribution in [0.2, 0.25) is 0 Å². The molecule has 0 aliphatic heterocycles. The summed E-state index contributed by atoms with van der Waals surface area (Å²) < 4.78 is 11.4. The average Bonchev–Trinajstić information content (AvgIpc) is 1.96. The van der Waals surface area contributed by atoms with Gasteiger partial charge in [-0.3, -0.25) is 0 Å². The van der Waals surface area contributed by atoms with Crippen LogP contribution in [0.3, 0.4) is 0 Å². The Morgan fingerprint density at radius 2 is 1.25 bits per heavy atom. The lowest BCUT2D eigenvalue weighted by Crippen LogP contribution is -1.94. The summed E-state index contributed by atoms with van der Waals surface area (Å²) in [5.74, 6) is 1.39. The molecule has 0 aromatic carbocycles. The maximum atomic E-state index is 11.4. The molecule has 0 fully saturated rings. The fraction of sp³-hybridized carbons (Fsp3) is 1.00. The average molecular weight is 189 g/mol. The molecule has 0 saturated heterocycles. The summed E-state index contributed by atoms with van der Waals surface area (Å²) in [5.41, 5.74) is 0. The minimum Gasteiger partial charge on any atom is -0.0748 e. The summed E-state index contributed by atoms with van der Waals surface area (Å²) in [5, 5.41) is 0. The standard InChI is InChI=1S/C10H22OP/c1-9(2)5-7-12(11)8-6-10(3)4/h9-10H,5-8H2,1-4H3/q+1. The predicted molar refractivity (Wildman–Crippen MR) is 56.3 cm³/mol. The van der Waals surface area contributed by atoms with Gasteiger partial charge < -0.3 is 0 Å². The molecule has 0 atom stereocenters. The van der Waals surface area contributed by atoms with Gasteiger partial charge in [-0.15, -0.1) is 0 Å². The highest BCUT2D eigenvalue weighted by atomic mass is 31.1. The van der Waals surface area contributed by atoms with Gasteiger partial charge in [-0.05, 0) is 24.7 Å². The van der Waals surface area contributed by atoms with E-state index in [1.807, 2.05) is 0 Å². The number of hydrogen-bond donors (Lipinski definition) is 0. The third-order valence-electron chi connectivity index (χ3n) is 1.91. The van der Waals surface area contributed by atoms with E-state index < -0.39 is 7.80 Å². The van der Waals surface area contributed by atoms with Gasteiger partial charge in [0.1, 0.15) is 12.3 Å². The van der Waals surface area contributed by atoms with Gasteiger partial charge in [-0.25, -0.2) is 0 Å². The van der Waals surface area contributed by atoms with Crippen molar-refractivity contribution in [2.24, 2.45) is 11.8 Å². The molecule has 0 aliphatic carbocycles. The van der Waals surface area contributed by atoms with Crippen molar-refractivity contribution in [3.05, 3.63) is 0 Å². The molecule has 0 radical (unpaired) electrons. The molecule has 0 unspecified atom stereocenters. The van der Waals surface area contributed by atoms with Crippen LogP contribution in [-0.4, -0.2) is 12.3 Å². The summed E-state index contributed by atoms with van der Waals surface area (Å²) in [4.78, 5) is 0. The predicted octanol–water partition coefficient (Wildman–Crippen LogP) is 3.91. The van der Waals surface area contributed by atoms with Crippen molar-refractivity contribution >= 4 is 7.80 Å². The molecule has 0 bridgehead atoms. The summed E-state index contributed by atoms with van der Waals surface area (Å²) in [6, 6.07) is 0. The van der Waals surface area contributed by atoms with Gasteiger partial charge >= 0.3 is 7.80 Å². The molecule has 0 N–H and O–H groups in total. The Labute approximate surface area is 77.7 Å². The molecule has 0 rings (SSSR count). The van der Waals surface area contributed by atoms with Crippen LogP contribution >= 0.6 is 7.80 Å². The van der Waals surface area contributed by atoms with Crippen molar-refractivity contribution in [1.82, 2.24) is 0 Å². The van der Waals surface area contributed by atoms with Crippen molar-refractivity contribution < 1.29 is 4.57 Å². The highest BCUT2D eigenvalue weighted by molar-refractivity contribution is 7.44. The third-order valence-corrected chi connectivity index (χ3v) is 3.43. The van der Waals surface area contributed by atoms with E-state index in [9.17, 15) is 4.57 Å². The van der Waals surface area contributed by atoms with Crippen LogP contribution in [0.5, 0.6) is 0 Å². The topological polar surface area (TPSA) is 17.1 Å². The largest absolute Gasteiger partial charge is 0.338 e. The van der Waals surface area contributed by atoms with Crippen LogP contribution < -0.4 is 0 Å². The molecular formula is C10H22OP+. The number of hydrogen-bond acceptors (Lipinski definition) is 1. The molecule has 1 nitrogen and oxygen atoms in total. The highest BCUT2D eigenvalue weighted by Gasteiger charge is 2.15. The van der Waals surface area contributed by atoms with Crippen LogP contribution in [0.4, 0.5) is 0 Å². The molecule has 2 heteroatoms. The van der Waals surface area contributed by atoms with E-state index in [1.54, 1.807) is 0 Å². The van der Waals surface area contributed by atoms with E-state index in [4.69, 9.17) is 0 Å². The fourth-order valence-corrected chi connectivity index (χ4v) is 2.75. The van der Waals surface area contributed by atoms with Crippen molar-refractivity contribution in [3.63, 3.8) is 0 Å². The summed E-state index contributed by atoms with van der Waals surface area (Å²) in [7, 11) is -0.896. The third kappa shape index (κ3) is 8.20. The summed E-state index contributed by atoms with van der Waals surface area (Å²) in [6.07, 6.45) is 4.10. The minimum absolute atomic E-state index is 0.697. The van der Waals surface area contributed by atoms with Gasteiger partial charge in [0.15, 0.2) is 0 Å². The Hall–Kier alpha value is 0.100. The molecule has 0 aromatic heterocycles. The van der Waals surface area contributed by atoms with Gasteiger partial charge in [-0.2, -0.15) is 0 Å². The van der Waals surface area contributed by atoms with Gasteiger partial charge in [0.2, 0.25) is 0 Å². The SMILES string of the molecule is CC(C)CC[P+](=O)CCC(C)C. The van der Waals surface area contributed by atoms with Crippen molar-refractivity contribution in [2.45, 2.75) is 40.5 Å². The first-order valence-electron chi connectivity index (χ1n) is 4.94. The molecule has 0 spiro atoms. The maximum absolute atomic E-state index is 11.4. The van der Waals surface area contributed by atoms with Crippen LogP contribution in [0, 0.1) is 11.8 Å². The Bertz CT molecular complexity index is 116. The van der Waals surface area contributed by atoms with Gasteiger partial charge in [0.25, 0.3) is 0 Å². The Morgan fingerprint density at radius 3 is 1.50 bits per heavy atom. The molecule has 72 valence electrons. The zero-order valence-corrected chi connectivity index (χ0v) is 9.73. The zero-order valence-electron chi connectivity index (χ0n) is 8.84. The Morgan fingerprint density at radius 1 is 0.917 bits per heavy atom. The van der Waals surface area contributed by atoms with E-state index in [-0.39, 0.29) is 0 Å². The number of rotatable bonds is 6. The maximum Gasteiger partial charge on any atom is 0.338 e. The van der Waals surface area contributed by atoms with Crippen molar-refractivity contribution in [2.75, 3.05) is 12.3 Å². The lowest BCUT2D eigenvalue weighted by Gasteiger charge is -1.98. The molecule has 0 aromatic rings. The molecule has 12 heavy (non-hydrogen) atoms. The molecule has 0 heterocycles. The second-order valence-electron chi connectivity index (χ2n) is 4.29. The van der Waals surface area contributed by atoms with Crippen LogP contribution in [0.25, 0.3) is 0 Å². The first-order chi connectivity index (χ1) is 5.52. The van der Waals surface area contributed by atoms with Crippen molar-refractivity contribution in [1.29, 1.82) is 0 Å². The monoisotopic (exact) mass is 189 g/mol. The molecule has 0 amide bonds. The first kappa shape index (κ1) is 12.1. The summed E-state index contributed by atoms with van der Waals surface area (Å²) in [6.45, 7) is 8.74. The fourth-order valence-electron chi connectivity index (χ4n) is 0.916. The molecule has 0 aliphatic rings. The lowest BCUT2D eigenvalue weighted by molar-refractivity contribution is 0.563. The molecule has 0 saturated carbocycles. The van der Waals surface area contributed by atoms with E-state index in [2.05, 4.69) is 27.7 Å². The normalized spacial score (nSPS) is 11.2. The minimum atomic E-state index is -0.896. The van der Waals surface area contributed by atoms with E-state index in [1.165, 1.54) is 0 Å². The van der Waals surface area contributed by atoms with Crippen LogP contribution in [-0.2, 0) is 4.57 Å². The van der Waals surface area contributed by atoms with Gasteiger partial charge in [0, 0.05) is 0 Å². The zero-order chi connectivity index (χ0) is 9.56. The Kier molecular flexibility index (Phi) is 6.65. The smallest absolute Gasteiger partial charge is 0.0748 e. The van der Waals surface area contributed by atoms with Gasteiger partial charge in [-0.1, -0.05) is 32.3 Å². The first-order valence-corrected chi connectivity index (χ1v) is 6.57. The second-order valence-corrected chi connectivity index (χ2v) is 6.15. The van der Waals surface area contributed by atoms with E-state index >= 15 is 0 Å². The van der Waals surface area contributed by atoms with Crippen LogP contribution in [0.1, 0.15) is 40.5 Å². The summed E-state index contributed by atoms with van der Waals surface area (Å²) >= 11 is 0. The quantitative estimate of drug-likeness (QED) is 0.579.